The topological polar surface area (TPSA) is 46.2 Å². The number of halogens is 2. The zero-order valence-corrected chi connectivity index (χ0v) is 10.5. The fourth-order valence-electron chi connectivity index (χ4n) is 1.58. The summed E-state index contributed by atoms with van der Waals surface area (Å²) in [7, 11) is -3.21. The largest absolute Gasteiger partial charge is 0.384 e. The van der Waals surface area contributed by atoms with Gasteiger partial charge in [0.25, 0.3) is 0 Å². The van der Waals surface area contributed by atoms with Crippen LogP contribution in [-0.4, -0.2) is 21.2 Å². The lowest BCUT2D eigenvalue weighted by Crippen LogP contribution is -1.99. The Bertz CT molecular complexity index is 485. The minimum Gasteiger partial charge on any atom is -0.384 e. The molecule has 1 N–H and O–H groups in total. The van der Waals surface area contributed by atoms with Crippen LogP contribution in [0.4, 0.5) is 5.69 Å². The predicted octanol–water partition coefficient (Wildman–Crippen LogP) is 2.13. The van der Waals surface area contributed by atoms with E-state index in [9.17, 15) is 8.42 Å². The van der Waals surface area contributed by atoms with E-state index in [1.54, 1.807) is 12.1 Å². The Morgan fingerprint density at radius 2 is 2.07 bits per heavy atom. The molecule has 0 saturated heterocycles. The number of rotatable bonds is 1. The van der Waals surface area contributed by atoms with Gasteiger partial charge in [0.2, 0.25) is 0 Å². The number of anilines is 1. The van der Waals surface area contributed by atoms with Crippen molar-refractivity contribution in [2.24, 2.45) is 0 Å². The van der Waals surface area contributed by atoms with Crippen LogP contribution in [0.5, 0.6) is 0 Å². The van der Waals surface area contributed by atoms with Gasteiger partial charge in [-0.1, -0.05) is 11.6 Å². The Morgan fingerprint density at radius 1 is 1.40 bits per heavy atom. The van der Waals surface area contributed by atoms with Crippen molar-refractivity contribution < 1.29 is 8.42 Å². The third kappa shape index (κ3) is 2.38. The summed E-state index contributed by atoms with van der Waals surface area (Å²) in [6.45, 7) is 0.846. The summed E-state index contributed by atoms with van der Waals surface area (Å²) >= 11 is 5.87. The highest BCUT2D eigenvalue weighted by atomic mass is 35.5. The van der Waals surface area contributed by atoms with Crippen LogP contribution in [0.1, 0.15) is 5.56 Å². The van der Waals surface area contributed by atoms with E-state index in [0.717, 1.165) is 24.2 Å². The molecule has 0 aliphatic carbocycles. The Morgan fingerprint density at radius 3 is 2.67 bits per heavy atom. The lowest BCUT2D eigenvalue weighted by atomic mass is 10.2. The van der Waals surface area contributed by atoms with Crippen molar-refractivity contribution in [2.45, 2.75) is 11.3 Å². The first-order chi connectivity index (χ1) is 6.48. The van der Waals surface area contributed by atoms with Crippen molar-refractivity contribution in [2.75, 3.05) is 18.1 Å². The summed E-state index contributed by atoms with van der Waals surface area (Å²) in [4.78, 5) is 0.224. The highest BCUT2D eigenvalue weighted by Crippen LogP contribution is 2.31. The van der Waals surface area contributed by atoms with Crippen LogP contribution < -0.4 is 5.32 Å². The highest BCUT2D eigenvalue weighted by molar-refractivity contribution is 7.90. The van der Waals surface area contributed by atoms with E-state index >= 15 is 0 Å². The van der Waals surface area contributed by atoms with E-state index in [0.29, 0.717) is 5.02 Å². The smallest absolute Gasteiger partial charge is 0.177 e. The molecule has 2 rings (SSSR count). The minimum atomic E-state index is -3.21. The molecule has 1 aliphatic heterocycles. The second-order valence-electron chi connectivity index (χ2n) is 3.39. The SMILES string of the molecule is CS(=O)(=O)c1cc2c(cc1Cl)NCC2.Cl. The summed E-state index contributed by atoms with van der Waals surface area (Å²) in [6, 6.07) is 3.34. The van der Waals surface area contributed by atoms with Crippen molar-refractivity contribution in [1.29, 1.82) is 0 Å². The van der Waals surface area contributed by atoms with Gasteiger partial charge in [-0.3, -0.25) is 0 Å². The van der Waals surface area contributed by atoms with Gasteiger partial charge in [-0.05, 0) is 24.1 Å². The molecule has 15 heavy (non-hydrogen) atoms. The number of sulfone groups is 1. The minimum absolute atomic E-state index is 0. The van der Waals surface area contributed by atoms with Crippen LogP contribution in [-0.2, 0) is 16.3 Å². The van der Waals surface area contributed by atoms with Crippen molar-refractivity contribution in [3.8, 4) is 0 Å². The number of nitrogens with one attached hydrogen (secondary N) is 1. The van der Waals surface area contributed by atoms with E-state index in [1.165, 1.54) is 6.26 Å². The molecule has 0 amide bonds. The maximum atomic E-state index is 11.3. The van der Waals surface area contributed by atoms with Crippen LogP contribution in [0.15, 0.2) is 17.0 Å². The molecule has 0 atom stereocenters. The molecule has 1 aromatic rings. The van der Waals surface area contributed by atoms with Gasteiger partial charge in [-0.15, -0.1) is 12.4 Å². The number of fused-ring (bicyclic) bond motifs is 1. The molecule has 6 heteroatoms. The lowest BCUT2D eigenvalue weighted by molar-refractivity contribution is 0.602. The molecule has 3 nitrogen and oxygen atoms in total. The summed E-state index contributed by atoms with van der Waals surface area (Å²) < 4.78 is 22.7. The summed E-state index contributed by atoms with van der Waals surface area (Å²) in [5.74, 6) is 0. The van der Waals surface area contributed by atoms with Crippen LogP contribution in [0.25, 0.3) is 0 Å². The van der Waals surface area contributed by atoms with Crippen LogP contribution in [0.2, 0.25) is 5.02 Å². The van der Waals surface area contributed by atoms with E-state index in [-0.39, 0.29) is 17.3 Å². The standard InChI is InChI=1S/C9H10ClNO2S.ClH/c1-14(12,13)9-4-6-2-3-11-8(6)5-7(9)10;/h4-5,11H,2-3H2,1H3;1H. The molecular formula is C9H11Cl2NO2S. The van der Waals surface area contributed by atoms with Crippen LogP contribution >= 0.6 is 24.0 Å². The monoisotopic (exact) mass is 267 g/mol. The zero-order valence-electron chi connectivity index (χ0n) is 8.08. The number of benzene rings is 1. The first-order valence-electron chi connectivity index (χ1n) is 4.25. The van der Waals surface area contributed by atoms with Crippen molar-refractivity contribution in [1.82, 2.24) is 0 Å². The average Bonchev–Trinajstić information content (AvgIpc) is 2.47. The zero-order chi connectivity index (χ0) is 10.3. The normalized spacial score (nSPS) is 14.0. The van der Waals surface area contributed by atoms with Gasteiger partial charge in [-0.25, -0.2) is 8.42 Å². The van der Waals surface area contributed by atoms with Crippen LogP contribution in [0.3, 0.4) is 0 Å². The fraction of sp³-hybridized carbons (Fsp3) is 0.333. The Kier molecular flexibility index (Phi) is 3.53. The third-order valence-corrected chi connectivity index (χ3v) is 3.83. The Hall–Kier alpha value is -0.450. The molecule has 0 saturated carbocycles. The van der Waals surface area contributed by atoms with Gasteiger partial charge in [0.05, 0.1) is 9.92 Å². The van der Waals surface area contributed by atoms with E-state index in [4.69, 9.17) is 11.6 Å². The maximum absolute atomic E-state index is 11.3. The average molecular weight is 268 g/mol. The second kappa shape index (κ2) is 4.20. The lowest BCUT2D eigenvalue weighted by Gasteiger charge is -2.05. The van der Waals surface area contributed by atoms with Crippen molar-refractivity contribution in [3.63, 3.8) is 0 Å². The molecule has 0 unspecified atom stereocenters. The first kappa shape index (κ1) is 12.6. The molecule has 1 aliphatic rings. The quantitative estimate of drug-likeness (QED) is 0.848. The number of hydrogen-bond donors (Lipinski definition) is 1. The van der Waals surface area contributed by atoms with Gasteiger partial charge in [0.15, 0.2) is 9.84 Å². The molecule has 1 aromatic carbocycles. The highest BCUT2D eigenvalue weighted by Gasteiger charge is 2.18. The molecule has 84 valence electrons. The van der Waals surface area contributed by atoms with E-state index in [1.807, 2.05) is 0 Å². The van der Waals surface area contributed by atoms with Crippen LogP contribution in [0, 0.1) is 0 Å². The van der Waals surface area contributed by atoms with Crippen molar-refractivity contribution in [3.05, 3.63) is 22.7 Å². The Balaban J connectivity index is 0.00000112. The summed E-state index contributed by atoms with van der Waals surface area (Å²) in [5.41, 5.74) is 1.97. The maximum Gasteiger partial charge on any atom is 0.177 e. The Labute approximate surface area is 100 Å². The fourth-order valence-corrected chi connectivity index (χ4v) is 2.94. The molecule has 1 heterocycles. The second-order valence-corrected chi connectivity index (χ2v) is 5.78. The molecule has 0 aromatic heterocycles. The van der Waals surface area contributed by atoms with Gasteiger partial charge < -0.3 is 5.32 Å². The summed E-state index contributed by atoms with van der Waals surface area (Å²) in [6.07, 6.45) is 2.03. The number of hydrogen-bond acceptors (Lipinski definition) is 3. The third-order valence-electron chi connectivity index (χ3n) is 2.27. The summed E-state index contributed by atoms with van der Waals surface area (Å²) in [5, 5.41) is 3.43. The van der Waals surface area contributed by atoms with Gasteiger partial charge in [0, 0.05) is 18.5 Å². The predicted molar refractivity (Wildman–Crippen MR) is 64.0 cm³/mol. The molecule has 0 bridgehead atoms. The van der Waals surface area contributed by atoms with Gasteiger partial charge in [-0.2, -0.15) is 0 Å². The van der Waals surface area contributed by atoms with E-state index in [2.05, 4.69) is 5.32 Å². The molecule has 0 radical (unpaired) electrons. The molecule has 0 spiro atoms. The molecule has 0 fully saturated rings. The van der Waals surface area contributed by atoms with Gasteiger partial charge in [0.1, 0.15) is 0 Å². The van der Waals surface area contributed by atoms with E-state index < -0.39 is 9.84 Å². The van der Waals surface area contributed by atoms with Crippen molar-refractivity contribution >= 4 is 39.5 Å². The molecular weight excluding hydrogens is 257 g/mol. The first-order valence-corrected chi connectivity index (χ1v) is 6.52. The van der Waals surface area contributed by atoms with Gasteiger partial charge >= 0.3 is 0 Å².